The summed E-state index contributed by atoms with van der Waals surface area (Å²) < 4.78 is 3.93. The van der Waals surface area contributed by atoms with Gasteiger partial charge in [0.05, 0.1) is 12.0 Å². The van der Waals surface area contributed by atoms with Gasteiger partial charge in [-0.25, -0.2) is 24.7 Å². The molecule has 3 aromatic heterocycles. The lowest BCUT2D eigenvalue weighted by Crippen LogP contribution is -2.29. The minimum Gasteiger partial charge on any atom is -0.475 e. The van der Waals surface area contributed by atoms with Crippen LogP contribution in [0.3, 0.4) is 0 Å². The Hall–Kier alpha value is -2.97. The van der Waals surface area contributed by atoms with Crippen LogP contribution in [-0.4, -0.2) is 46.2 Å². The summed E-state index contributed by atoms with van der Waals surface area (Å²) >= 11 is 0. The number of aromatic carboxylic acids is 1. The molecule has 0 amide bonds. The van der Waals surface area contributed by atoms with Gasteiger partial charge in [-0.3, -0.25) is 0 Å². The highest BCUT2D eigenvalue weighted by molar-refractivity contribution is 5.92. The monoisotopic (exact) mass is 367 g/mol. The molecule has 0 saturated heterocycles. The van der Waals surface area contributed by atoms with Crippen LogP contribution in [0, 0.1) is 0 Å². The molecule has 0 radical (unpaired) electrons. The number of nitrogens with one attached hydrogen (secondary N) is 1. The Balaban J connectivity index is 1.46. The molecule has 3 aromatic rings. The van der Waals surface area contributed by atoms with Crippen LogP contribution in [0.4, 0.5) is 5.82 Å². The summed E-state index contributed by atoms with van der Waals surface area (Å²) in [4.78, 5) is 29.0. The van der Waals surface area contributed by atoms with Gasteiger partial charge in [-0.05, 0) is 32.6 Å². The van der Waals surface area contributed by atoms with Gasteiger partial charge < -0.3 is 19.6 Å². The zero-order chi connectivity index (χ0) is 18.5. The van der Waals surface area contributed by atoms with Crippen molar-refractivity contribution >= 4 is 23.0 Å². The Labute approximate surface area is 155 Å². The number of carbonyl (C=O) groups is 1. The molecule has 0 aromatic carbocycles. The van der Waals surface area contributed by atoms with Gasteiger partial charge in [-0.1, -0.05) is 0 Å². The molecule has 2 N–H and O–H groups in total. The molecule has 1 fully saturated rings. The highest BCUT2D eigenvalue weighted by Gasteiger charge is 2.31. The fourth-order valence-electron chi connectivity index (χ4n) is 3.99. The normalized spacial score (nSPS) is 19.2. The number of carboxylic acid groups (broad SMARTS) is 1. The first-order valence-corrected chi connectivity index (χ1v) is 9.41. The molecular weight excluding hydrogens is 346 g/mol. The minimum absolute atomic E-state index is 0.00575. The molecule has 9 nitrogen and oxygen atoms in total. The Morgan fingerprint density at radius 1 is 1.30 bits per heavy atom. The van der Waals surface area contributed by atoms with Crippen molar-refractivity contribution in [1.29, 1.82) is 0 Å². The number of rotatable bonds is 5. The number of nitrogens with zero attached hydrogens (tertiary/aromatic N) is 6. The molecule has 0 bridgehead atoms. The van der Waals surface area contributed by atoms with E-state index in [0.29, 0.717) is 29.6 Å². The van der Waals surface area contributed by atoms with E-state index in [1.54, 1.807) is 4.57 Å². The number of carboxylic acids is 1. The zero-order valence-corrected chi connectivity index (χ0v) is 15.1. The smallest absolute Gasteiger partial charge is 0.372 e. The van der Waals surface area contributed by atoms with Crippen molar-refractivity contribution in [2.45, 2.75) is 57.7 Å². The Kier molecular flexibility index (Phi) is 3.63. The van der Waals surface area contributed by atoms with E-state index in [9.17, 15) is 9.90 Å². The first-order chi connectivity index (χ1) is 13.2. The van der Waals surface area contributed by atoms with Crippen LogP contribution < -0.4 is 5.32 Å². The molecule has 2 aliphatic rings. The van der Waals surface area contributed by atoms with Crippen molar-refractivity contribution in [1.82, 2.24) is 29.1 Å². The average Bonchev–Trinajstić information content (AvgIpc) is 3.30. The molecule has 140 valence electrons. The van der Waals surface area contributed by atoms with Crippen LogP contribution in [0.5, 0.6) is 0 Å². The van der Waals surface area contributed by atoms with Gasteiger partial charge in [0.2, 0.25) is 5.82 Å². The molecule has 9 heteroatoms. The van der Waals surface area contributed by atoms with Crippen LogP contribution in [-0.2, 0) is 19.4 Å². The molecular formula is C18H21N7O2. The van der Waals surface area contributed by atoms with Gasteiger partial charge >= 0.3 is 5.97 Å². The predicted molar refractivity (Wildman–Crippen MR) is 97.9 cm³/mol. The Bertz CT molecular complexity index is 1030. The van der Waals surface area contributed by atoms with Crippen LogP contribution in [0.2, 0.25) is 0 Å². The van der Waals surface area contributed by atoms with Crippen molar-refractivity contribution in [2.75, 3.05) is 5.32 Å². The molecule has 0 aliphatic heterocycles. The van der Waals surface area contributed by atoms with Crippen LogP contribution in [0.15, 0.2) is 12.7 Å². The van der Waals surface area contributed by atoms with E-state index in [1.807, 2.05) is 13.3 Å². The quantitative estimate of drug-likeness (QED) is 0.710. The van der Waals surface area contributed by atoms with E-state index in [4.69, 9.17) is 0 Å². The van der Waals surface area contributed by atoms with Gasteiger partial charge in [0.1, 0.15) is 6.33 Å². The highest BCUT2D eigenvalue weighted by atomic mass is 16.4. The lowest BCUT2D eigenvalue weighted by molar-refractivity contribution is 0.0679. The first kappa shape index (κ1) is 16.2. The Morgan fingerprint density at radius 3 is 2.89 bits per heavy atom. The van der Waals surface area contributed by atoms with Crippen molar-refractivity contribution < 1.29 is 9.90 Å². The highest BCUT2D eigenvalue weighted by Crippen LogP contribution is 2.38. The molecule has 1 unspecified atom stereocenters. The molecule has 27 heavy (non-hydrogen) atoms. The molecule has 3 heterocycles. The van der Waals surface area contributed by atoms with Gasteiger partial charge in [0.15, 0.2) is 17.0 Å². The van der Waals surface area contributed by atoms with E-state index in [1.165, 1.54) is 30.6 Å². The third kappa shape index (κ3) is 2.65. The third-order valence-corrected chi connectivity index (χ3v) is 5.47. The van der Waals surface area contributed by atoms with Gasteiger partial charge in [0, 0.05) is 30.7 Å². The number of aromatic nitrogens is 6. The zero-order valence-electron chi connectivity index (χ0n) is 15.1. The molecule has 5 rings (SSSR count). The molecule has 2 aliphatic carbocycles. The summed E-state index contributed by atoms with van der Waals surface area (Å²) in [5, 5.41) is 12.9. The maximum absolute atomic E-state index is 11.5. The maximum Gasteiger partial charge on any atom is 0.372 e. The number of fused-ring (bicyclic) bond motifs is 2. The second-order valence-corrected chi connectivity index (χ2v) is 7.24. The number of anilines is 1. The standard InChI is InChI=1S/C18H21N7O2/c1-2-24-16-14(23-17(24)18(26)27)15(19-8-20-16)22-10-3-6-12-13(7-10)25(9-21-12)11-4-5-11/h8-11H,2-7H2,1H3,(H,26,27)(H,19,20,22). The predicted octanol–water partition coefficient (Wildman–Crippen LogP) is 2.05. The second kappa shape index (κ2) is 6.04. The van der Waals surface area contributed by atoms with Crippen molar-refractivity contribution in [3.63, 3.8) is 0 Å². The topological polar surface area (TPSA) is 111 Å². The van der Waals surface area contributed by atoms with Crippen molar-refractivity contribution in [2.24, 2.45) is 0 Å². The van der Waals surface area contributed by atoms with Gasteiger partial charge in [-0.2, -0.15) is 0 Å². The van der Waals surface area contributed by atoms with Crippen molar-refractivity contribution in [3.8, 4) is 0 Å². The van der Waals surface area contributed by atoms with Gasteiger partial charge in [0.25, 0.3) is 0 Å². The minimum atomic E-state index is -1.06. The van der Waals surface area contributed by atoms with E-state index in [0.717, 1.165) is 19.3 Å². The molecule has 0 spiro atoms. The SMILES string of the molecule is CCn1c(C(=O)O)nc2c(NC3CCc4ncn(C5CC5)c4C3)ncnc21. The van der Waals surface area contributed by atoms with Crippen LogP contribution in [0.1, 0.15) is 54.2 Å². The largest absolute Gasteiger partial charge is 0.475 e. The summed E-state index contributed by atoms with van der Waals surface area (Å²) in [7, 11) is 0. The number of hydrogen-bond acceptors (Lipinski definition) is 6. The molecule has 1 atom stereocenters. The number of hydrogen-bond donors (Lipinski definition) is 2. The molecule has 1 saturated carbocycles. The fraction of sp³-hybridized carbons (Fsp3) is 0.500. The lowest BCUT2D eigenvalue weighted by Gasteiger charge is -2.24. The van der Waals surface area contributed by atoms with E-state index in [2.05, 4.69) is 29.8 Å². The van der Waals surface area contributed by atoms with Crippen molar-refractivity contribution in [3.05, 3.63) is 29.9 Å². The maximum atomic E-state index is 11.5. The summed E-state index contributed by atoms with van der Waals surface area (Å²) in [5.41, 5.74) is 3.58. The van der Waals surface area contributed by atoms with E-state index < -0.39 is 5.97 Å². The fourth-order valence-corrected chi connectivity index (χ4v) is 3.99. The van der Waals surface area contributed by atoms with Crippen LogP contribution >= 0.6 is 0 Å². The summed E-state index contributed by atoms with van der Waals surface area (Å²) in [6.07, 6.45) is 8.70. The number of imidazole rings is 2. The second-order valence-electron chi connectivity index (χ2n) is 7.24. The first-order valence-electron chi connectivity index (χ1n) is 9.41. The third-order valence-electron chi connectivity index (χ3n) is 5.47. The summed E-state index contributed by atoms with van der Waals surface area (Å²) in [5.74, 6) is -0.467. The van der Waals surface area contributed by atoms with E-state index >= 15 is 0 Å². The van der Waals surface area contributed by atoms with Gasteiger partial charge in [-0.15, -0.1) is 0 Å². The summed E-state index contributed by atoms with van der Waals surface area (Å²) in [6.45, 7) is 2.37. The average molecular weight is 367 g/mol. The number of aryl methyl sites for hydroxylation is 2. The summed E-state index contributed by atoms with van der Waals surface area (Å²) in [6, 6.07) is 0.828. The van der Waals surface area contributed by atoms with E-state index in [-0.39, 0.29) is 11.9 Å². The Morgan fingerprint density at radius 2 is 2.15 bits per heavy atom. The van der Waals surface area contributed by atoms with Crippen LogP contribution in [0.25, 0.3) is 11.2 Å². The lowest BCUT2D eigenvalue weighted by atomic mass is 9.95.